The van der Waals surface area contributed by atoms with Gasteiger partial charge >= 0.3 is 0 Å². The van der Waals surface area contributed by atoms with Gasteiger partial charge in [-0.05, 0) is 40.2 Å². The molecule has 0 fully saturated rings. The Morgan fingerprint density at radius 3 is 2.84 bits per heavy atom. The molecule has 3 aromatic heterocycles. The molecule has 0 atom stereocenters. The molecule has 5 nitrogen and oxygen atoms in total. The molecule has 0 aromatic carbocycles. The second kappa shape index (κ2) is 4.58. The number of nitrogens with zero attached hydrogens (tertiary/aromatic N) is 5. The van der Waals surface area contributed by atoms with E-state index in [2.05, 4.69) is 31.0 Å². The normalized spacial score (nSPS) is 11.7. The number of hydrogen-bond donors (Lipinski definition) is 0. The van der Waals surface area contributed by atoms with Crippen LogP contribution in [0.15, 0.2) is 29.1 Å². The van der Waals surface area contributed by atoms with E-state index in [0.717, 1.165) is 10.4 Å². The van der Waals surface area contributed by atoms with Gasteiger partial charge in [0.2, 0.25) is 0 Å². The molecular formula is C12H9BrFN5. The Hall–Kier alpha value is -2.02. The topological polar surface area (TPSA) is 48.0 Å². The van der Waals surface area contributed by atoms with Gasteiger partial charge in [0.05, 0.1) is 0 Å². The molecule has 0 saturated carbocycles. The van der Waals surface area contributed by atoms with Gasteiger partial charge < -0.3 is 4.57 Å². The molecule has 0 aliphatic carbocycles. The highest BCUT2D eigenvalue weighted by Gasteiger charge is 2.05. The van der Waals surface area contributed by atoms with E-state index in [-0.39, 0.29) is 5.65 Å². The van der Waals surface area contributed by atoms with Gasteiger partial charge in [0.15, 0.2) is 17.3 Å². The number of rotatable bonds is 2. The average Bonchev–Trinajstić information content (AvgIpc) is 2.91. The first-order valence-electron chi connectivity index (χ1n) is 5.51. The Morgan fingerprint density at radius 1 is 1.32 bits per heavy atom. The van der Waals surface area contributed by atoms with E-state index in [1.807, 2.05) is 17.8 Å². The van der Waals surface area contributed by atoms with Crippen molar-refractivity contribution in [2.24, 2.45) is 7.05 Å². The van der Waals surface area contributed by atoms with Crippen molar-refractivity contribution in [3.63, 3.8) is 0 Å². The van der Waals surface area contributed by atoms with Crippen LogP contribution in [0.5, 0.6) is 0 Å². The zero-order valence-electron chi connectivity index (χ0n) is 9.96. The lowest BCUT2D eigenvalue weighted by Gasteiger charge is -1.91. The molecule has 3 rings (SSSR count). The number of pyridine rings is 1. The third kappa shape index (κ3) is 2.28. The van der Waals surface area contributed by atoms with Crippen molar-refractivity contribution >= 4 is 33.7 Å². The van der Waals surface area contributed by atoms with Crippen LogP contribution in [-0.2, 0) is 7.05 Å². The van der Waals surface area contributed by atoms with Crippen LogP contribution in [0.2, 0.25) is 0 Å². The summed E-state index contributed by atoms with van der Waals surface area (Å²) >= 11 is 3.30. The van der Waals surface area contributed by atoms with Crippen LogP contribution >= 0.6 is 15.9 Å². The molecule has 7 heteroatoms. The van der Waals surface area contributed by atoms with Crippen LogP contribution in [0.4, 0.5) is 4.39 Å². The van der Waals surface area contributed by atoms with Crippen molar-refractivity contribution in [2.75, 3.05) is 0 Å². The lowest BCUT2D eigenvalue weighted by atomic mass is 10.4. The number of aromatic nitrogens is 5. The minimum atomic E-state index is -0.394. The maximum atomic E-state index is 13.5. The summed E-state index contributed by atoms with van der Waals surface area (Å²) in [6, 6.07) is 2.94. The minimum Gasteiger partial charge on any atom is -0.333 e. The minimum absolute atomic E-state index is 0.211. The highest BCUT2D eigenvalue weighted by atomic mass is 79.9. The van der Waals surface area contributed by atoms with E-state index in [1.165, 1.54) is 10.6 Å². The van der Waals surface area contributed by atoms with E-state index in [0.29, 0.717) is 5.82 Å². The zero-order valence-corrected chi connectivity index (χ0v) is 11.5. The van der Waals surface area contributed by atoms with E-state index >= 15 is 0 Å². The molecule has 0 aliphatic rings. The zero-order chi connectivity index (χ0) is 13.4. The fourth-order valence-corrected chi connectivity index (χ4v) is 2.20. The molecule has 0 unspecified atom stereocenters. The molecule has 0 radical (unpaired) electrons. The van der Waals surface area contributed by atoms with Crippen molar-refractivity contribution in [2.45, 2.75) is 0 Å². The van der Waals surface area contributed by atoms with Crippen LogP contribution in [0.3, 0.4) is 0 Å². The maximum absolute atomic E-state index is 13.5. The maximum Gasteiger partial charge on any atom is 0.191 e. The summed E-state index contributed by atoms with van der Waals surface area (Å²) in [7, 11) is 1.88. The van der Waals surface area contributed by atoms with Gasteiger partial charge in [0.1, 0.15) is 10.4 Å². The van der Waals surface area contributed by atoms with Crippen LogP contribution in [0.25, 0.3) is 17.8 Å². The van der Waals surface area contributed by atoms with Crippen molar-refractivity contribution in [1.82, 2.24) is 24.1 Å². The van der Waals surface area contributed by atoms with Crippen LogP contribution < -0.4 is 0 Å². The molecule has 0 N–H and O–H groups in total. The molecule has 3 heterocycles. The first kappa shape index (κ1) is 12.0. The predicted octanol–water partition coefficient (Wildman–Crippen LogP) is 2.53. The van der Waals surface area contributed by atoms with Gasteiger partial charge in [0.25, 0.3) is 0 Å². The van der Waals surface area contributed by atoms with Gasteiger partial charge in [-0.1, -0.05) is 0 Å². The van der Waals surface area contributed by atoms with Crippen molar-refractivity contribution < 1.29 is 4.39 Å². The highest BCUT2D eigenvalue weighted by Crippen LogP contribution is 2.12. The first-order chi connectivity index (χ1) is 9.13. The fourth-order valence-electron chi connectivity index (χ4n) is 1.71. The molecule has 0 bridgehead atoms. The van der Waals surface area contributed by atoms with E-state index in [1.54, 1.807) is 24.4 Å². The summed E-state index contributed by atoms with van der Waals surface area (Å²) in [4.78, 5) is 8.36. The van der Waals surface area contributed by atoms with Gasteiger partial charge in [-0.25, -0.2) is 18.9 Å². The smallest absolute Gasteiger partial charge is 0.191 e. The number of fused-ring (bicyclic) bond motifs is 1. The summed E-state index contributed by atoms with van der Waals surface area (Å²) < 4.78 is 17.5. The van der Waals surface area contributed by atoms with Crippen molar-refractivity contribution in [3.8, 4) is 0 Å². The lowest BCUT2D eigenvalue weighted by Crippen LogP contribution is -1.89. The molecule has 3 aromatic rings. The molecule has 19 heavy (non-hydrogen) atoms. The lowest BCUT2D eigenvalue weighted by molar-refractivity contribution is 0.627. The summed E-state index contributed by atoms with van der Waals surface area (Å²) in [6.07, 6.45) is 6.97. The number of halogens is 2. The molecule has 0 aliphatic heterocycles. The predicted molar refractivity (Wildman–Crippen MR) is 72.8 cm³/mol. The molecule has 0 saturated heterocycles. The molecular weight excluding hydrogens is 313 g/mol. The largest absolute Gasteiger partial charge is 0.333 e. The van der Waals surface area contributed by atoms with E-state index in [9.17, 15) is 4.39 Å². The van der Waals surface area contributed by atoms with Gasteiger partial charge in [-0.3, -0.25) is 0 Å². The SMILES string of the molecule is Cn1cc(Br)nc1C=Cc1nc2c(F)cccn2n1. The monoisotopic (exact) mass is 321 g/mol. The van der Waals surface area contributed by atoms with Gasteiger partial charge in [0, 0.05) is 19.4 Å². The average molecular weight is 322 g/mol. The summed E-state index contributed by atoms with van der Waals surface area (Å²) in [6.45, 7) is 0. The summed E-state index contributed by atoms with van der Waals surface area (Å²) in [5.74, 6) is 0.796. The number of imidazole rings is 1. The van der Waals surface area contributed by atoms with Crippen LogP contribution in [0.1, 0.15) is 11.6 Å². The standard InChI is InChI=1S/C12H9BrFN5/c1-18-7-9(13)15-11(18)5-4-10-16-12-8(14)3-2-6-19(12)17-10/h2-7H,1H3. The number of aryl methyl sites for hydroxylation is 1. The highest BCUT2D eigenvalue weighted by molar-refractivity contribution is 9.10. The van der Waals surface area contributed by atoms with Gasteiger partial charge in [-0.2, -0.15) is 0 Å². The Balaban J connectivity index is 1.97. The van der Waals surface area contributed by atoms with E-state index < -0.39 is 5.82 Å². The Labute approximate surface area is 116 Å². The molecule has 0 spiro atoms. The fraction of sp³-hybridized carbons (Fsp3) is 0.0833. The number of hydrogen-bond acceptors (Lipinski definition) is 3. The van der Waals surface area contributed by atoms with Crippen molar-refractivity contribution in [3.05, 3.63) is 46.6 Å². The Morgan fingerprint density at radius 2 is 2.16 bits per heavy atom. The van der Waals surface area contributed by atoms with Crippen LogP contribution in [0, 0.1) is 5.82 Å². The van der Waals surface area contributed by atoms with Gasteiger partial charge in [-0.15, -0.1) is 5.10 Å². The third-order valence-electron chi connectivity index (χ3n) is 2.60. The van der Waals surface area contributed by atoms with Crippen LogP contribution in [-0.4, -0.2) is 24.1 Å². The molecule has 0 amide bonds. The summed E-state index contributed by atoms with van der Waals surface area (Å²) in [5, 5.41) is 4.16. The second-order valence-electron chi connectivity index (χ2n) is 3.96. The van der Waals surface area contributed by atoms with Crippen molar-refractivity contribution in [1.29, 1.82) is 0 Å². The first-order valence-corrected chi connectivity index (χ1v) is 6.30. The molecule has 96 valence electrons. The Bertz CT molecular complexity index is 774. The quantitative estimate of drug-likeness (QED) is 0.728. The second-order valence-corrected chi connectivity index (χ2v) is 4.77. The summed E-state index contributed by atoms with van der Waals surface area (Å²) in [5.41, 5.74) is 0.211. The Kier molecular flexibility index (Phi) is 2.90. The van der Waals surface area contributed by atoms with E-state index in [4.69, 9.17) is 0 Å². The third-order valence-corrected chi connectivity index (χ3v) is 2.98.